The molecule has 15 heteroatoms. The van der Waals surface area contributed by atoms with E-state index in [0.29, 0.717) is 25.8 Å². The number of aromatic nitrogens is 2. The van der Waals surface area contributed by atoms with E-state index in [9.17, 15) is 10.2 Å². The molecule has 186 valence electrons. The van der Waals surface area contributed by atoms with Crippen LogP contribution in [0.15, 0.2) is 16.9 Å². The third-order valence-electron chi connectivity index (χ3n) is 3.46. The number of carbonyl (C=O) groups is 3. The molecule has 1 fully saturated rings. The van der Waals surface area contributed by atoms with E-state index in [4.69, 9.17) is 62.7 Å². The molecule has 1 saturated heterocycles. The summed E-state index contributed by atoms with van der Waals surface area (Å²) in [6.45, 7) is 2.85. The van der Waals surface area contributed by atoms with Crippen LogP contribution in [-0.2, 0) is 19.1 Å². The Labute approximate surface area is 206 Å². The number of benzene rings is 1. The molecule has 12 nitrogen and oxygen atoms in total. The van der Waals surface area contributed by atoms with Crippen molar-refractivity contribution < 1.29 is 49.8 Å². The number of halogens is 3. The number of hydrogen-bond acceptors (Lipinski definition) is 8. The van der Waals surface area contributed by atoms with E-state index in [0.717, 1.165) is 20.8 Å². The second-order valence-corrected chi connectivity index (χ2v) is 7.82. The molecule has 0 spiro atoms. The molecular formula is C18H23BrCl2N2O10. The minimum absolute atomic E-state index is 0.338. The van der Waals surface area contributed by atoms with Crippen molar-refractivity contribution in [2.45, 2.75) is 45.3 Å². The number of ether oxygens (including phenoxy) is 1. The maximum Gasteiger partial charge on any atom is 0.300 e. The Hall–Kier alpha value is -2.00. The first-order chi connectivity index (χ1) is 15.1. The van der Waals surface area contributed by atoms with Crippen molar-refractivity contribution in [3.63, 3.8) is 0 Å². The van der Waals surface area contributed by atoms with Gasteiger partial charge in [0.25, 0.3) is 17.9 Å². The monoisotopic (exact) mass is 576 g/mol. The fourth-order valence-electron chi connectivity index (χ4n) is 2.40. The van der Waals surface area contributed by atoms with Crippen molar-refractivity contribution in [1.82, 2.24) is 9.55 Å². The van der Waals surface area contributed by atoms with Crippen LogP contribution >= 0.6 is 39.1 Å². The van der Waals surface area contributed by atoms with Crippen LogP contribution in [0.4, 0.5) is 0 Å². The SMILES string of the molecule is CC(=O)O.CC(=O)O.CC(=O)O.OC[C@H]1O[C@@H](n2c(Br)nc3cc(Cl)c(Cl)cc32)[C@H](O)[C@@H]1O. The van der Waals surface area contributed by atoms with Crippen LogP contribution in [0.2, 0.25) is 10.0 Å². The molecule has 1 aliphatic heterocycles. The van der Waals surface area contributed by atoms with Crippen LogP contribution in [0.25, 0.3) is 11.0 Å². The molecule has 0 radical (unpaired) electrons. The van der Waals surface area contributed by atoms with Gasteiger partial charge in [0, 0.05) is 20.8 Å². The van der Waals surface area contributed by atoms with Crippen molar-refractivity contribution >= 4 is 68.1 Å². The molecule has 0 amide bonds. The zero-order chi connectivity index (χ0) is 26.0. The highest BCUT2D eigenvalue weighted by Crippen LogP contribution is 2.37. The lowest BCUT2D eigenvalue weighted by molar-refractivity contribution is -0.135. The Balaban J connectivity index is 0.000000713. The van der Waals surface area contributed by atoms with Gasteiger partial charge >= 0.3 is 0 Å². The Morgan fingerprint density at radius 2 is 1.42 bits per heavy atom. The molecule has 0 unspecified atom stereocenters. The Kier molecular flexibility index (Phi) is 13.4. The first kappa shape index (κ1) is 31.0. The number of aliphatic hydroxyl groups is 3. The summed E-state index contributed by atoms with van der Waals surface area (Å²) in [4.78, 5) is 31.3. The molecule has 0 saturated carbocycles. The van der Waals surface area contributed by atoms with Gasteiger partial charge in [-0.25, -0.2) is 4.98 Å². The number of aliphatic carboxylic acids is 3. The Morgan fingerprint density at radius 1 is 1.00 bits per heavy atom. The van der Waals surface area contributed by atoms with Crippen LogP contribution in [0.3, 0.4) is 0 Å². The molecular weight excluding hydrogens is 555 g/mol. The average Bonchev–Trinajstić information content (AvgIpc) is 3.10. The van der Waals surface area contributed by atoms with Gasteiger partial charge in [0.05, 0.1) is 27.7 Å². The first-order valence-electron chi connectivity index (χ1n) is 8.87. The zero-order valence-electron chi connectivity index (χ0n) is 17.5. The lowest BCUT2D eigenvalue weighted by Gasteiger charge is -2.18. The number of imidazole rings is 1. The zero-order valence-corrected chi connectivity index (χ0v) is 20.6. The van der Waals surface area contributed by atoms with E-state index in [1.54, 1.807) is 16.7 Å². The Bertz CT molecular complexity index is 931. The van der Waals surface area contributed by atoms with Crippen molar-refractivity contribution in [2.75, 3.05) is 6.61 Å². The van der Waals surface area contributed by atoms with Crippen LogP contribution in [0.5, 0.6) is 0 Å². The summed E-state index contributed by atoms with van der Waals surface area (Å²) in [5.74, 6) is -2.50. The Morgan fingerprint density at radius 3 is 1.82 bits per heavy atom. The van der Waals surface area contributed by atoms with Gasteiger partial charge in [-0.05, 0) is 28.1 Å². The van der Waals surface area contributed by atoms with Crippen molar-refractivity contribution in [3.8, 4) is 0 Å². The lowest BCUT2D eigenvalue weighted by atomic mass is 10.1. The summed E-state index contributed by atoms with van der Waals surface area (Å²) in [7, 11) is 0. The van der Waals surface area contributed by atoms with E-state index < -0.39 is 49.1 Å². The van der Waals surface area contributed by atoms with Gasteiger partial charge < -0.3 is 35.4 Å². The topological polar surface area (TPSA) is 200 Å². The molecule has 1 aromatic heterocycles. The number of aliphatic hydroxyl groups excluding tert-OH is 3. The number of carboxylic acids is 3. The number of nitrogens with zero attached hydrogens (tertiary/aromatic N) is 2. The number of rotatable bonds is 2. The van der Waals surface area contributed by atoms with Gasteiger partial charge in [-0.15, -0.1) is 0 Å². The minimum Gasteiger partial charge on any atom is -0.481 e. The summed E-state index contributed by atoms with van der Waals surface area (Å²) in [6, 6.07) is 3.20. The van der Waals surface area contributed by atoms with E-state index in [1.165, 1.54) is 0 Å². The fourth-order valence-corrected chi connectivity index (χ4v) is 3.30. The molecule has 0 aliphatic carbocycles. The van der Waals surface area contributed by atoms with E-state index in [1.807, 2.05) is 0 Å². The summed E-state index contributed by atoms with van der Waals surface area (Å²) in [5, 5.41) is 52.1. The smallest absolute Gasteiger partial charge is 0.300 e. The molecule has 4 atom stereocenters. The van der Waals surface area contributed by atoms with Crippen LogP contribution in [0, 0.1) is 0 Å². The minimum atomic E-state index is -1.20. The normalized spacial score (nSPS) is 21.0. The van der Waals surface area contributed by atoms with Gasteiger partial charge in [-0.3, -0.25) is 19.0 Å². The maximum absolute atomic E-state index is 10.1. The quantitative estimate of drug-likeness (QED) is 0.305. The highest BCUT2D eigenvalue weighted by molar-refractivity contribution is 9.10. The van der Waals surface area contributed by atoms with E-state index >= 15 is 0 Å². The molecule has 1 aliphatic rings. The second kappa shape index (κ2) is 14.3. The third-order valence-corrected chi connectivity index (χ3v) is 4.74. The summed E-state index contributed by atoms with van der Waals surface area (Å²) in [6.07, 6.45) is -4.15. The number of hydrogen-bond donors (Lipinski definition) is 6. The molecule has 6 N–H and O–H groups in total. The van der Waals surface area contributed by atoms with E-state index in [2.05, 4.69) is 20.9 Å². The van der Waals surface area contributed by atoms with E-state index in [-0.39, 0.29) is 0 Å². The van der Waals surface area contributed by atoms with Crippen LogP contribution in [0.1, 0.15) is 27.0 Å². The molecule has 1 aromatic carbocycles. The molecule has 2 aromatic rings. The van der Waals surface area contributed by atoms with Gasteiger partial charge in [-0.2, -0.15) is 0 Å². The van der Waals surface area contributed by atoms with Crippen LogP contribution < -0.4 is 0 Å². The van der Waals surface area contributed by atoms with Crippen LogP contribution in [-0.4, -0.2) is 83.0 Å². The third kappa shape index (κ3) is 10.2. The highest BCUT2D eigenvalue weighted by atomic mass is 79.9. The lowest BCUT2D eigenvalue weighted by Crippen LogP contribution is -2.33. The number of carboxylic acid groups (broad SMARTS) is 3. The van der Waals surface area contributed by atoms with Crippen molar-refractivity contribution in [3.05, 3.63) is 26.9 Å². The number of fused-ring (bicyclic) bond motifs is 1. The standard InChI is InChI=1S/C12H11BrCl2N2O4.3C2H4O2/c13-12-16-6-1-4(14)5(15)2-7(6)17(12)11-10(20)9(19)8(3-18)21-11;3*1-2(3)4/h1-2,8-11,18-20H,3H2;3*1H3,(H,3,4)/t8-,9-,10-,11-;;;/m1.../s1. The predicted molar refractivity (Wildman–Crippen MR) is 120 cm³/mol. The molecule has 3 rings (SSSR count). The predicted octanol–water partition coefficient (Wildman–Crippen LogP) is 1.99. The van der Waals surface area contributed by atoms with Gasteiger partial charge in [0.1, 0.15) is 18.3 Å². The maximum atomic E-state index is 10.1. The first-order valence-corrected chi connectivity index (χ1v) is 10.4. The second-order valence-electron chi connectivity index (χ2n) is 6.29. The molecule has 2 heterocycles. The van der Waals surface area contributed by atoms with Gasteiger partial charge in [-0.1, -0.05) is 23.2 Å². The molecule has 0 bridgehead atoms. The van der Waals surface area contributed by atoms with Crippen molar-refractivity contribution in [1.29, 1.82) is 0 Å². The fraction of sp³-hybridized carbons (Fsp3) is 0.444. The molecule has 33 heavy (non-hydrogen) atoms. The average molecular weight is 578 g/mol. The summed E-state index contributed by atoms with van der Waals surface area (Å²) in [5.41, 5.74) is 1.15. The summed E-state index contributed by atoms with van der Waals surface area (Å²) >= 11 is 15.3. The van der Waals surface area contributed by atoms with Gasteiger partial charge in [0.2, 0.25) is 0 Å². The van der Waals surface area contributed by atoms with Crippen molar-refractivity contribution in [2.24, 2.45) is 0 Å². The highest BCUT2D eigenvalue weighted by Gasteiger charge is 2.44. The largest absolute Gasteiger partial charge is 0.481 e. The van der Waals surface area contributed by atoms with Gasteiger partial charge in [0.15, 0.2) is 11.0 Å². The summed E-state index contributed by atoms with van der Waals surface area (Å²) < 4.78 is 7.46.